The van der Waals surface area contributed by atoms with Gasteiger partial charge in [-0.3, -0.25) is 10.1 Å². The number of aliphatic imine (C=N–C) groups is 2. The fourth-order valence-corrected chi connectivity index (χ4v) is 4.00. The molecule has 5 rings (SSSR count). The van der Waals surface area contributed by atoms with Crippen LogP contribution in [0.25, 0.3) is 11.1 Å². The number of nitrogens with zero attached hydrogens (tertiary/aromatic N) is 3. The van der Waals surface area contributed by atoms with E-state index in [9.17, 15) is 4.79 Å². The monoisotopic (exact) mass is 372 g/mol. The maximum atomic E-state index is 12.7. The Labute approximate surface area is 162 Å². The zero-order valence-electron chi connectivity index (χ0n) is 15.6. The van der Waals surface area contributed by atoms with Gasteiger partial charge in [0.25, 0.3) is 0 Å². The van der Waals surface area contributed by atoms with E-state index in [0.29, 0.717) is 24.0 Å². The van der Waals surface area contributed by atoms with E-state index < -0.39 is 0 Å². The van der Waals surface area contributed by atoms with Gasteiger partial charge in [0.2, 0.25) is 5.96 Å². The first kappa shape index (κ1) is 16.9. The van der Waals surface area contributed by atoms with Gasteiger partial charge < -0.3 is 4.42 Å². The molecule has 0 bridgehead atoms. The number of Topliss-reactive ketones (excluding diaryl/α,β-unsaturated/α-hetero) is 1. The molecule has 28 heavy (non-hydrogen) atoms. The lowest BCUT2D eigenvalue weighted by molar-refractivity contribution is -0.122. The van der Waals surface area contributed by atoms with Crippen LogP contribution in [0.2, 0.25) is 0 Å². The molecule has 2 atom stereocenters. The summed E-state index contributed by atoms with van der Waals surface area (Å²) in [6.45, 7) is 2.05. The summed E-state index contributed by atoms with van der Waals surface area (Å²) in [6.07, 6.45) is 2.24. The van der Waals surface area contributed by atoms with Crippen LogP contribution in [0, 0.1) is 12.8 Å². The Morgan fingerprint density at radius 1 is 1.11 bits per heavy atom. The van der Waals surface area contributed by atoms with Crippen molar-refractivity contribution < 1.29 is 9.21 Å². The zero-order valence-corrected chi connectivity index (χ0v) is 15.6. The van der Waals surface area contributed by atoms with Gasteiger partial charge in [-0.15, -0.1) is 0 Å². The van der Waals surface area contributed by atoms with Gasteiger partial charge in [0.1, 0.15) is 11.3 Å². The molecule has 2 aliphatic rings. The van der Waals surface area contributed by atoms with Gasteiger partial charge in [-0.2, -0.15) is 4.98 Å². The number of aryl methyl sites for hydroxylation is 1. The van der Waals surface area contributed by atoms with Crippen LogP contribution in [-0.4, -0.2) is 22.4 Å². The first-order valence-electron chi connectivity index (χ1n) is 9.54. The van der Waals surface area contributed by atoms with Gasteiger partial charge in [-0.1, -0.05) is 42.0 Å². The van der Waals surface area contributed by atoms with Gasteiger partial charge in [-0.25, -0.2) is 9.98 Å². The Morgan fingerprint density at radius 3 is 2.86 bits per heavy atom. The highest BCUT2D eigenvalue weighted by Crippen LogP contribution is 2.36. The summed E-state index contributed by atoms with van der Waals surface area (Å²) in [7, 11) is 0. The van der Waals surface area contributed by atoms with Crippen molar-refractivity contribution in [1.82, 2.24) is 4.98 Å². The maximum absolute atomic E-state index is 12.7. The van der Waals surface area contributed by atoms with Crippen molar-refractivity contribution in [2.45, 2.75) is 32.2 Å². The van der Waals surface area contributed by atoms with Crippen LogP contribution in [0.3, 0.4) is 0 Å². The second-order valence-corrected chi connectivity index (χ2v) is 7.32. The molecular formula is C22H20N4O2. The zero-order chi connectivity index (χ0) is 19.1. The smallest absolute Gasteiger partial charge is 0.302 e. The number of ketones is 1. The Hall–Kier alpha value is -3.28. The Balaban J connectivity index is 1.53. The predicted octanol–water partition coefficient (Wildman–Crippen LogP) is 4.47. The number of fused-ring (bicyclic) bond motifs is 2. The van der Waals surface area contributed by atoms with Crippen LogP contribution >= 0.6 is 0 Å². The molecule has 2 aromatic carbocycles. The number of guanidine groups is 1. The Bertz CT molecular complexity index is 1100. The van der Waals surface area contributed by atoms with E-state index in [1.807, 2.05) is 49.4 Å². The second-order valence-electron chi connectivity index (χ2n) is 7.32. The third-order valence-electron chi connectivity index (χ3n) is 5.28. The average molecular weight is 372 g/mol. The number of para-hydroxylation sites is 2. The second kappa shape index (κ2) is 6.71. The first-order chi connectivity index (χ1) is 13.7. The number of hydrogen-bond acceptors (Lipinski definition) is 6. The molecule has 0 spiro atoms. The topological polar surface area (TPSA) is 79.8 Å². The maximum Gasteiger partial charge on any atom is 0.302 e. The number of benzene rings is 2. The Kier molecular flexibility index (Phi) is 4.04. The molecule has 140 valence electrons. The number of anilines is 1. The number of hydrogen-bond donors (Lipinski definition) is 1. The van der Waals surface area contributed by atoms with Crippen molar-refractivity contribution in [2.75, 3.05) is 5.32 Å². The van der Waals surface area contributed by atoms with Crippen molar-refractivity contribution in [3.63, 3.8) is 0 Å². The third-order valence-corrected chi connectivity index (χ3v) is 5.28. The van der Waals surface area contributed by atoms with E-state index in [2.05, 4.69) is 21.4 Å². The minimum atomic E-state index is -0.273. The first-order valence-corrected chi connectivity index (χ1v) is 9.54. The molecule has 1 N–H and O–H groups in total. The normalized spacial score (nSPS) is 21.8. The number of oxazole rings is 1. The van der Waals surface area contributed by atoms with Crippen LogP contribution in [0.1, 0.15) is 36.4 Å². The van der Waals surface area contributed by atoms with Crippen LogP contribution in [-0.2, 0) is 4.79 Å². The van der Waals surface area contributed by atoms with Gasteiger partial charge in [0, 0.05) is 12.1 Å². The molecule has 0 saturated heterocycles. The van der Waals surface area contributed by atoms with Gasteiger partial charge in [0.15, 0.2) is 5.58 Å². The molecule has 1 aliphatic heterocycles. The highest BCUT2D eigenvalue weighted by atomic mass is 16.4. The van der Waals surface area contributed by atoms with Crippen LogP contribution < -0.4 is 5.32 Å². The molecule has 1 aromatic heterocycles. The van der Waals surface area contributed by atoms with E-state index in [1.54, 1.807) is 0 Å². The summed E-state index contributed by atoms with van der Waals surface area (Å²) in [5, 5.41) is 3.11. The minimum absolute atomic E-state index is 0.223. The predicted molar refractivity (Wildman–Crippen MR) is 109 cm³/mol. The molecule has 3 aromatic rings. The van der Waals surface area contributed by atoms with E-state index in [-0.39, 0.29) is 17.7 Å². The molecule has 6 heteroatoms. The van der Waals surface area contributed by atoms with E-state index >= 15 is 0 Å². The number of aromatic nitrogens is 1. The van der Waals surface area contributed by atoms with Gasteiger partial charge >= 0.3 is 6.01 Å². The molecule has 1 saturated carbocycles. The lowest BCUT2D eigenvalue weighted by Gasteiger charge is -2.32. The lowest BCUT2D eigenvalue weighted by Crippen LogP contribution is -2.37. The van der Waals surface area contributed by atoms with Crippen LogP contribution in [0.5, 0.6) is 0 Å². The van der Waals surface area contributed by atoms with Crippen molar-refractivity contribution in [1.29, 1.82) is 0 Å². The lowest BCUT2D eigenvalue weighted by atomic mass is 9.78. The van der Waals surface area contributed by atoms with E-state index in [1.165, 1.54) is 0 Å². The van der Waals surface area contributed by atoms with Crippen molar-refractivity contribution in [2.24, 2.45) is 15.9 Å². The van der Waals surface area contributed by atoms with Crippen molar-refractivity contribution in [3.05, 3.63) is 59.7 Å². The molecule has 2 unspecified atom stereocenters. The molecule has 1 aliphatic carbocycles. The summed E-state index contributed by atoms with van der Waals surface area (Å²) < 4.78 is 5.75. The molecule has 2 heterocycles. The van der Waals surface area contributed by atoms with Gasteiger partial charge in [0.05, 0.1) is 12.0 Å². The fraction of sp³-hybridized carbons (Fsp3) is 0.273. The summed E-state index contributed by atoms with van der Waals surface area (Å²) in [4.78, 5) is 26.6. The largest absolute Gasteiger partial charge is 0.423 e. The average Bonchev–Trinajstić information content (AvgIpc) is 3.10. The van der Waals surface area contributed by atoms with Crippen molar-refractivity contribution in [3.8, 4) is 0 Å². The molecule has 0 radical (unpaired) electrons. The number of nitrogens with one attached hydrogen (secondary N) is 1. The number of rotatable bonds is 2. The van der Waals surface area contributed by atoms with Gasteiger partial charge in [-0.05, 0) is 37.5 Å². The number of carbonyl (C=O) groups is 1. The summed E-state index contributed by atoms with van der Waals surface area (Å²) in [5.74, 6) is 0.393. The summed E-state index contributed by atoms with van der Waals surface area (Å²) in [6, 6.07) is 15.8. The minimum Gasteiger partial charge on any atom is -0.423 e. The Morgan fingerprint density at radius 2 is 2.00 bits per heavy atom. The summed E-state index contributed by atoms with van der Waals surface area (Å²) in [5.41, 5.74) is 4.55. The van der Waals surface area contributed by atoms with Crippen LogP contribution in [0.15, 0.2) is 62.9 Å². The molecular weight excluding hydrogens is 352 g/mol. The highest BCUT2D eigenvalue weighted by molar-refractivity contribution is 6.14. The molecule has 1 fully saturated rings. The molecule has 0 amide bonds. The standard InChI is InChI=1S/C22H20N4O2/c1-13-6-4-7-14(12-13)20-19-16(9-5-10-17(19)27)23-21(25-20)26-22-24-15-8-2-3-11-18(15)28-22/h2-4,6-8,11-12,19-20H,5,9-10H2,1H3,(H,24,25,26). The van der Waals surface area contributed by atoms with E-state index in [4.69, 9.17) is 9.41 Å². The SMILES string of the molecule is Cc1cccc(C2N=C(Nc3nc4ccccc4o3)N=C3CCCC(=O)C32)c1. The van der Waals surface area contributed by atoms with E-state index in [0.717, 1.165) is 35.2 Å². The molecule has 6 nitrogen and oxygen atoms in total. The van der Waals surface area contributed by atoms with Crippen LogP contribution in [0.4, 0.5) is 6.01 Å². The fourth-order valence-electron chi connectivity index (χ4n) is 4.00. The third kappa shape index (κ3) is 3.01. The summed E-state index contributed by atoms with van der Waals surface area (Å²) >= 11 is 0. The number of carbonyl (C=O) groups excluding carboxylic acids is 1. The van der Waals surface area contributed by atoms with Crippen molar-refractivity contribution >= 4 is 34.6 Å². The quantitative estimate of drug-likeness (QED) is 0.720. The highest BCUT2D eigenvalue weighted by Gasteiger charge is 2.39.